The fourth-order valence-electron chi connectivity index (χ4n) is 2.78. The normalized spacial score (nSPS) is 10.1. The Bertz CT molecular complexity index is 1060. The Balaban J connectivity index is 1.76. The van der Waals surface area contributed by atoms with Gasteiger partial charge in [-0.3, -0.25) is 4.79 Å². The van der Waals surface area contributed by atoms with E-state index in [9.17, 15) is 10.1 Å². The van der Waals surface area contributed by atoms with Gasteiger partial charge in [-0.1, -0.05) is 42.1 Å². The third kappa shape index (κ3) is 4.89. The van der Waals surface area contributed by atoms with Crippen molar-refractivity contribution < 1.29 is 14.3 Å². The molecule has 0 saturated heterocycles. The number of methoxy groups -OCH3 is 2. The molecule has 0 heterocycles. The summed E-state index contributed by atoms with van der Waals surface area (Å²) in [6, 6.07) is 22.4. The predicted octanol–water partition coefficient (Wildman–Crippen LogP) is 4.66. The first-order chi connectivity index (χ1) is 14.2. The topological polar surface area (TPSA) is 71.3 Å². The number of nitrogens with one attached hydrogen (secondary N) is 1. The highest BCUT2D eigenvalue weighted by molar-refractivity contribution is 7.99. The number of nitriles is 1. The van der Waals surface area contributed by atoms with E-state index in [0.717, 1.165) is 15.4 Å². The number of hydrogen-bond donors (Lipinski definition) is 1. The molecule has 0 bridgehead atoms. The van der Waals surface area contributed by atoms with E-state index in [4.69, 9.17) is 9.47 Å². The van der Waals surface area contributed by atoms with Crippen LogP contribution in [0, 0.1) is 11.3 Å². The van der Waals surface area contributed by atoms with Crippen LogP contribution < -0.4 is 14.8 Å². The highest BCUT2D eigenvalue weighted by Gasteiger charge is 2.14. The maximum atomic E-state index is 12.8. The molecule has 1 N–H and O–H groups in total. The summed E-state index contributed by atoms with van der Waals surface area (Å²) in [5, 5.41) is 12.2. The molecule has 5 nitrogen and oxygen atoms in total. The second kappa shape index (κ2) is 9.67. The van der Waals surface area contributed by atoms with Gasteiger partial charge in [0, 0.05) is 16.3 Å². The Morgan fingerprint density at radius 3 is 2.38 bits per heavy atom. The van der Waals surface area contributed by atoms with Crippen molar-refractivity contribution in [2.24, 2.45) is 0 Å². The molecule has 0 aliphatic carbocycles. The van der Waals surface area contributed by atoms with Crippen molar-refractivity contribution >= 4 is 17.7 Å². The summed E-state index contributed by atoms with van der Waals surface area (Å²) in [7, 11) is 3.16. The van der Waals surface area contributed by atoms with E-state index in [0.29, 0.717) is 29.2 Å². The van der Waals surface area contributed by atoms with Gasteiger partial charge in [-0.15, -0.1) is 0 Å². The summed E-state index contributed by atoms with van der Waals surface area (Å²) in [5.41, 5.74) is 2.04. The van der Waals surface area contributed by atoms with Crippen molar-refractivity contribution in [3.05, 3.63) is 83.4 Å². The molecule has 146 valence electrons. The first-order valence-corrected chi connectivity index (χ1v) is 9.73. The van der Waals surface area contributed by atoms with E-state index in [1.807, 2.05) is 54.6 Å². The standard InChI is InChI=1S/C23H20N2O3S/c1-27-19-12-11-16(13-20(19)28-2)15-25-23(26)18-8-4-6-10-22(18)29-21-9-5-3-7-17(21)14-24/h3-13H,15H2,1-2H3,(H,25,26). The smallest absolute Gasteiger partial charge is 0.252 e. The maximum absolute atomic E-state index is 12.8. The predicted molar refractivity (Wildman–Crippen MR) is 112 cm³/mol. The molecule has 0 aliphatic heterocycles. The highest BCUT2D eigenvalue weighted by Crippen LogP contribution is 2.32. The lowest BCUT2D eigenvalue weighted by Gasteiger charge is -2.12. The van der Waals surface area contributed by atoms with Crippen LogP contribution in [0.1, 0.15) is 21.5 Å². The minimum atomic E-state index is -0.183. The van der Waals surface area contributed by atoms with Gasteiger partial charge < -0.3 is 14.8 Å². The van der Waals surface area contributed by atoms with Crippen molar-refractivity contribution in [3.8, 4) is 17.6 Å². The van der Waals surface area contributed by atoms with Crippen molar-refractivity contribution in [3.63, 3.8) is 0 Å². The van der Waals surface area contributed by atoms with Crippen LogP contribution in [0.5, 0.6) is 11.5 Å². The number of ether oxygens (including phenoxy) is 2. The van der Waals surface area contributed by atoms with Gasteiger partial charge in [-0.25, -0.2) is 0 Å². The van der Waals surface area contributed by atoms with Crippen LogP contribution in [0.3, 0.4) is 0 Å². The SMILES string of the molecule is COc1ccc(CNC(=O)c2ccccc2Sc2ccccc2C#N)cc1OC. The van der Waals surface area contributed by atoms with Crippen LogP contribution in [0.25, 0.3) is 0 Å². The van der Waals surface area contributed by atoms with Gasteiger partial charge in [0.2, 0.25) is 0 Å². The van der Waals surface area contributed by atoms with Crippen LogP contribution >= 0.6 is 11.8 Å². The third-order valence-electron chi connectivity index (χ3n) is 4.26. The number of benzene rings is 3. The first kappa shape index (κ1) is 20.3. The van der Waals surface area contributed by atoms with Gasteiger partial charge in [0.1, 0.15) is 6.07 Å². The van der Waals surface area contributed by atoms with Crippen LogP contribution in [-0.4, -0.2) is 20.1 Å². The number of carbonyl (C=O) groups excluding carboxylic acids is 1. The molecule has 3 aromatic rings. The zero-order chi connectivity index (χ0) is 20.6. The lowest BCUT2D eigenvalue weighted by Crippen LogP contribution is -2.23. The second-order valence-electron chi connectivity index (χ2n) is 6.08. The van der Waals surface area contributed by atoms with Crippen LogP contribution in [-0.2, 0) is 6.54 Å². The fraction of sp³-hybridized carbons (Fsp3) is 0.130. The average Bonchev–Trinajstić information content (AvgIpc) is 2.78. The molecule has 0 radical (unpaired) electrons. The highest BCUT2D eigenvalue weighted by atomic mass is 32.2. The van der Waals surface area contributed by atoms with E-state index in [-0.39, 0.29) is 5.91 Å². The van der Waals surface area contributed by atoms with E-state index in [1.54, 1.807) is 26.4 Å². The molecule has 6 heteroatoms. The molecule has 0 saturated carbocycles. The monoisotopic (exact) mass is 404 g/mol. The Hall–Kier alpha value is -3.43. The molecular formula is C23H20N2O3S. The number of carbonyl (C=O) groups is 1. The molecule has 3 rings (SSSR count). The molecule has 0 atom stereocenters. The van der Waals surface area contributed by atoms with Gasteiger partial charge in [-0.05, 0) is 42.0 Å². The van der Waals surface area contributed by atoms with E-state index >= 15 is 0 Å². The van der Waals surface area contributed by atoms with Crippen LogP contribution in [0.2, 0.25) is 0 Å². The number of rotatable bonds is 7. The van der Waals surface area contributed by atoms with Crippen LogP contribution in [0.15, 0.2) is 76.5 Å². The number of hydrogen-bond acceptors (Lipinski definition) is 5. The summed E-state index contributed by atoms with van der Waals surface area (Å²) in [4.78, 5) is 14.4. The Labute approximate surface area is 174 Å². The number of amides is 1. The second-order valence-corrected chi connectivity index (χ2v) is 7.16. The molecule has 0 unspecified atom stereocenters. The molecule has 0 fully saturated rings. The first-order valence-electron chi connectivity index (χ1n) is 8.91. The summed E-state index contributed by atoms with van der Waals surface area (Å²) in [6.07, 6.45) is 0. The van der Waals surface area contributed by atoms with Crippen LogP contribution in [0.4, 0.5) is 0 Å². The summed E-state index contributed by atoms with van der Waals surface area (Å²) >= 11 is 1.41. The van der Waals surface area contributed by atoms with Crippen molar-refractivity contribution in [1.82, 2.24) is 5.32 Å². The fourth-order valence-corrected chi connectivity index (χ4v) is 3.80. The summed E-state index contributed by atoms with van der Waals surface area (Å²) in [5.74, 6) is 1.07. The lowest BCUT2D eigenvalue weighted by molar-refractivity contribution is 0.0948. The molecule has 0 aromatic heterocycles. The number of nitrogens with zero attached hydrogens (tertiary/aromatic N) is 1. The van der Waals surface area contributed by atoms with Gasteiger partial charge in [0.15, 0.2) is 11.5 Å². The quantitative estimate of drug-likeness (QED) is 0.620. The Morgan fingerprint density at radius 1 is 0.966 bits per heavy atom. The third-order valence-corrected chi connectivity index (χ3v) is 5.41. The zero-order valence-corrected chi connectivity index (χ0v) is 17.0. The van der Waals surface area contributed by atoms with Gasteiger partial charge in [-0.2, -0.15) is 5.26 Å². The molecule has 3 aromatic carbocycles. The molecule has 0 aliphatic rings. The summed E-state index contributed by atoms with van der Waals surface area (Å²) < 4.78 is 10.5. The van der Waals surface area contributed by atoms with E-state index < -0.39 is 0 Å². The van der Waals surface area contributed by atoms with E-state index in [2.05, 4.69) is 11.4 Å². The minimum absolute atomic E-state index is 0.183. The Morgan fingerprint density at radius 2 is 1.66 bits per heavy atom. The Kier molecular flexibility index (Phi) is 6.77. The largest absolute Gasteiger partial charge is 0.493 e. The van der Waals surface area contributed by atoms with Gasteiger partial charge >= 0.3 is 0 Å². The molecular weight excluding hydrogens is 384 g/mol. The van der Waals surface area contributed by atoms with E-state index in [1.165, 1.54) is 11.8 Å². The lowest BCUT2D eigenvalue weighted by atomic mass is 10.1. The molecule has 0 spiro atoms. The zero-order valence-electron chi connectivity index (χ0n) is 16.1. The molecule has 1 amide bonds. The van der Waals surface area contributed by atoms with Crippen molar-refractivity contribution in [2.75, 3.05) is 14.2 Å². The molecule has 29 heavy (non-hydrogen) atoms. The minimum Gasteiger partial charge on any atom is -0.493 e. The van der Waals surface area contributed by atoms with Gasteiger partial charge in [0.25, 0.3) is 5.91 Å². The van der Waals surface area contributed by atoms with Gasteiger partial charge in [0.05, 0.1) is 25.3 Å². The summed E-state index contributed by atoms with van der Waals surface area (Å²) in [6.45, 7) is 0.354. The van der Waals surface area contributed by atoms with Crippen molar-refractivity contribution in [1.29, 1.82) is 5.26 Å². The maximum Gasteiger partial charge on any atom is 0.252 e. The average molecular weight is 404 g/mol. The van der Waals surface area contributed by atoms with Crippen molar-refractivity contribution in [2.45, 2.75) is 16.3 Å².